The van der Waals surface area contributed by atoms with Crippen LogP contribution in [-0.4, -0.2) is 27.8 Å². The monoisotopic (exact) mass is 251 g/mol. The lowest BCUT2D eigenvalue weighted by molar-refractivity contribution is 0.0512. The van der Waals surface area contributed by atoms with E-state index in [9.17, 15) is 4.79 Å². The van der Waals surface area contributed by atoms with Crippen LogP contribution in [0.25, 0.3) is 0 Å². The van der Waals surface area contributed by atoms with Crippen LogP contribution in [0, 0.1) is 5.92 Å². The van der Waals surface area contributed by atoms with Gasteiger partial charge in [0.15, 0.2) is 0 Å². The van der Waals surface area contributed by atoms with Gasteiger partial charge in [-0.2, -0.15) is 0 Å². The molecule has 1 aliphatic rings. The highest BCUT2D eigenvalue weighted by Gasteiger charge is 2.17. The Bertz CT molecular complexity index is 381. The molecule has 1 saturated carbocycles. The molecule has 0 amide bonds. The number of hydrogen-bond acceptors (Lipinski definition) is 4. The molecule has 1 heterocycles. The molecule has 1 aliphatic carbocycles. The number of nitrogens with zero attached hydrogens (tertiary/aromatic N) is 2. The van der Waals surface area contributed by atoms with Gasteiger partial charge in [0.1, 0.15) is 5.82 Å². The molecule has 0 unspecified atom stereocenters. The lowest BCUT2D eigenvalue weighted by Gasteiger charge is -2.10. The number of aromatic amines is 1. The Morgan fingerprint density at radius 2 is 2.00 bits per heavy atom. The van der Waals surface area contributed by atoms with Crippen molar-refractivity contribution in [3.05, 3.63) is 11.6 Å². The standard InChI is InChI=1S/C13H21N3O2/c1-2-18-13(17)12-14-11(15-16-12)9-10-7-5-3-4-6-8-10/h10H,2-9H2,1H3,(H,14,15,16). The Labute approximate surface area is 107 Å². The maximum Gasteiger partial charge on any atom is 0.376 e. The van der Waals surface area contributed by atoms with Crippen LogP contribution in [0.1, 0.15) is 61.9 Å². The summed E-state index contributed by atoms with van der Waals surface area (Å²) in [7, 11) is 0. The second-order valence-corrected chi connectivity index (χ2v) is 4.90. The van der Waals surface area contributed by atoms with Gasteiger partial charge in [-0.15, -0.1) is 10.2 Å². The quantitative estimate of drug-likeness (QED) is 0.659. The number of aromatic nitrogens is 3. The first-order valence-electron chi connectivity index (χ1n) is 6.88. The fraction of sp³-hybridized carbons (Fsp3) is 0.769. The minimum atomic E-state index is -0.419. The normalized spacial score (nSPS) is 17.4. The average Bonchev–Trinajstić information content (AvgIpc) is 2.67. The van der Waals surface area contributed by atoms with Crippen molar-refractivity contribution in [2.45, 2.75) is 51.9 Å². The number of rotatable bonds is 4. The van der Waals surface area contributed by atoms with Gasteiger partial charge in [0.2, 0.25) is 5.82 Å². The zero-order valence-corrected chi connectivity index (χ0v) is 10.9. The molecule has 1 N–H and O–H groups in total. The van der Waals surface area contributed by atoms with Crippen LogP contribution in [0.5, 0.6) is 0 Å². The molecule has 0 bridgehead atoms. The summed E-state index contributed by atoms with van der Waals surface area (Å²) in [5.74, 6) is 1.29. The lowest BCUT2D eigenvalue weighted by Crippen LogP contribution is -2.07. The Hall–Kier alpha value is -1.39. The Kier molecular flexibility index (Phi) is 4.73. The van der Waals surface area contributed by atoms with Gasteiger partial charge in [-0.1, -0.05) is 38.5 Å². The van der Waals surface area contributed by atoms with Crippen molar-refractivity contribution in [3.8, 4) is 0 Å². The van der Waals surface area contributed by atoms with Crippen molar-refractivity contribution in [2.24, 2.45) is 5.92 Å². The second kappa shape index (κ2) is 6.52. The van der Waals surface area contributed by atoms with Crippen molar-refractivity contribution in [1.29, 1.82) is 0 Å². The maximum atomic E-state index is 11.4. The maximum absolute atomic E-state index is 11.4. The van der Waals surface area contributed by atoms with Gasteiger partial charge in [0.05, 0.1) is 6.61 Å². The van der Waals surface area contributed by atoms with E-state index < -0.39 is 5.97 Å². The van der Waals surface area contributed by atoms with Crippen LogP contribution >= 0.6 is 0 Å². The molecular weight excluding hydrogens is 230 g/mol. The van der Waals surface area contributed by atoms with Gasteiger partial charge in [0, 0.05) is 6.42 Å². The minimum Gasteiger partial charge on any atom is -0.460 e. The second-order valence-electron chi connectivity index (χ2n) is 4.90. The third-order valence-corrected chi connectivity index (χ3v) is 3.46. The highest BCUT2D eigenvalue weighted by molar-refractivity contribution is 5.84. The molecule has 1 aromatic rings. The summed E-state index contributed by atoms with van der Waals surface area (Å²) in [6, 6.07) is 0. The fourth-order valence-electron chi connectivity index (χ4n) is 2.52. The van der Waals surface area contributed by atoms with Gasteiger partial charge in [-0.05, 0) is 12.8 Å². The van der Waals surface area contributed by atoms with E-state index >= 15 is 0 Å². The summed E-state index contributed by atoms with van der Waals surface area (Å²) >= 11 is 0. The molecule has 5 heteroatoms. The van der Waals surface area contributed by atoms with Crippen LogP contribution in [-0.2, 0) is 11.2 Å². The van der Waals surface area contributed by atoms with Gasteiger partial charge < -0.3 is 9.72 Å². The third kappa shape index (κ3) is 3.55. The smallest absolute Gasteiger partial charge is 0.376 e. The molecule has 1 fully saturated rings. The first-order chi connectivity index (χ1) is 8.79. The number of carbonyl (C=O) groups is 1. The third-order valence-electron chi connectivity index (χ3n) is 3.46. The Morgan fingerprint density at radius 3 is 2.67 bits per heavy atom. The average molecular weight is 251 g/mol. The molecule has 0 atom stereocenters. The molecule has 18 heavy (non-hydrogen) atoms. The van der Waals surface area contributed by atoms with E-state index in [0.29, 0.717) is 12.5 Å². The van der Waals surface area contributed by atoms with E-state index in [1.807, 2.05) is 0 Å². The van der Waals surface area contributed by atoms with Crippen LogP contribution in [0.4, 0.5) is 0 Å². The van der Waals surface area contributed by atoms with E-state index in [4.69, 9.17) is 4.74 Å². The molecule has 0 saturated heterocycles. The summed E-state index contributed by atoms with van der Waals surface area (Å²) in [5.41, 5.74) is 0. The minimum absolute atomic E-state index is 0.223. The number of esters is 1. The van der Waals surface area contributed by atoms with Crippen LogP contribution in [0.2, 0.25) is 0 Å². The first-order valence-corrected chi connectivity index (χ1v) is 6.88. The molecule has 0 spiro atoms. The van der Waals surface area contributed by atoms with Crippen molar-refractivity contribution in [1.82, 2.24) is 15.2 Å². The van der Waals surface area contributed by atoms with Crippen LogP contribution in [0.3, 0.4) is 0 Å². The molecule has 2 rings (SSSR count). The van der Waals surface area contributed by atoms with Crippen LogP contribution in [0.15, 0.2) is 0 Å². The largest absolute Gasteiger partial charge is 0.460 e. The highest BCUT2D eigenvalue weighted by Crippen LogP contribution is 2.25. The molecule has 0 radical (unpaired) electrons. The summed E-state index contributed by atoms with van der Waals surface area (Å²) in [4.78, 5) is 14.4. The van der Waals surface area contributed by atoms with E-state index in [1.54, 1.807) is 6.92 Å². The Morgan fingerprint density at radius 1 is 1.28 bits per heavy atom. The first kappa shape index (κ1) is 13.1. The Balaban J connectivity index is 1.91. The van der Waals surface area contributed by atoms with Gasteiger partial charge in [0.25, 0.3) is 0 Å². The summed E-state index contributed by atoms with van der Waals surface area (Å²) in [6.45, 7) is 2.14. The number of nitrogens with one attached hydrogen (secondary N) is 1. The number of carbonyl (C=O) groups excluding carboxylic acids is 1. The van der Waals surface area contributed by atoms with E-state index in [1.165, 1.54) is 38.5 Å². The predicted molar refractivity (Wildman–Crippen MR) is 67.2 cm³/mol. The summed E-state index contributed by atoms with van der Waals surface area (Å²) in [5, 5.41) is 7.88. The van der Waals surface area contributed by atoms with Gasteiger partial charge >= 0.3 is 5.97 Å². The van der Waals surface area contributed by atoms with E-state index in [2.05, 4.69) is 15.2 Å². The van der Waals surface area contributed by atoms with Crippen molar-refractivity contribution in [3.63, 3.8) is 0 Å². The SMILES string of the molecule is CCOC(=O)c1nnc(CC2CCCCCC2)[nH]1. The van der Waals surface area contributed by atoms with Crippen LogP contribution < -0.4 is 0 Å². The zero-order chi connectivity index (χ0) is 12.8. The molecule has 0 aliphatic heterocycles. The van der Waals surface area contributed by atoms with Gasteiger partial charge in [-0.3, -0.25) is 0 Å². The van der Waals surface area contributed by atoms with E-state index in [-0.39, 0.29) is 5.82 Å². The molecule has 0 aromatic carbocycles. The van der Waals surface area contributed by atoms with Crippen molar-refractivity contribution in [2.75, 3.05) is 6.61 Å². The van der Waals surface area contributed by atoms with Crippen molar-refractivity contribution >= 4 is 5.97 Å². The predicted octanol–water partition coefficient (Wildman–Crippen LogP) is 2.49. The summed E-state index contributed by atoms with van der Waals surface area (Å²) < 4.78 is 4.88. The number of ether oxygens (including phenoxy) is 1. The molecular formula is C13H21N3O2. The van der Waals surface area contributed by atoms with Gasteiger partial charge in [-0.25, -0.2) is 4.79 Å². The highest BCUT2D eigenvalue weighted by atomic mass is 16.5. The molecule has 5 nitrogen and oxygen atoms in total. The molecule has 1 aromatic heterocycles. The summed E-state index contributed by atoms with van der Waals surface area (Å²) in [6.07, 6.45) is 8.73. The lowest BCUT2D eigenvalue weighted by atomic mass is 9.96. The van der Waals surface area contributed by atoms with Crippen molar-refractivity contribution < 1.29 is 9.53 Å². The molecule has 100 valence electrons. The topological polar surface area (TPSA) is 67.9 Å². The number of hydrogen-bond donors (Lipinski definition) is 1. The number of H-pyrrole nitrogens is 1. The van der Waals surface area contributed by atoms with E-state index in [0.717, 1.165) is 12.2 Å². The fourth-order valence-corrected chi connectivity index (χ4v) is 2.52. The zero-order valence-electron chi connectivity index (χ0n) is 10.9.